The molecule has 0 saturated carbocycles. The Kier molecular flexibility index (Phi) is 8.79. The van der Waals surface area contributed by atoms with Gasteiger partial charge in [-0.3, -0.25) is 14.1 Å². The van der Waals surface area contributed by atoms with Crippen molar-refractivity contribution in [2.75, 3.05) is 29.7 Å². The summed E-state index contributed by atoms with van der Waals surface area (Å²) < 4.78 is 49.1. The molecular formula is C27H32FN7O5S. The Balaban J connectivity index is 1.49. The lowest BCUT2D eigenvalue weighted by atomic mass is 10.1. The molecular weight excluding hydrogens is 553 g/mol. The molecule has 3 N–H and O–H groups in total. The number of amides is 1. The third kappa shape index (κ3) is 7.50. The van der Waals surface area contributed by atoms with Crippen LogP contribution >= 0.6 is 0 Å². The molecule has 1 atom stereocenters. The van der Waals surface area contributed by atoms with Crippen molar-refractivity contribution in [3.05, 3.63) is 58.6 Å². The highest BCUT2D eigenvalue weighted by molar-refractivity contribution is 7.90. The Morgan fingerprint density at radius 3 is 2.68 bits per heavy atom. The van der Waals surface area contributed by atoms with E-state index in [1.807, 2.05) is 6.07 Å². The van der Waals surface area contributed by atoms with Crippen LogP contribution in [-0.2, 0) is 21.5 Å². The zero-order chi connectivity index (χ0) is 29.8. The van der Waals surface area contributed by atoms with E-state index in [0.29, 0.717) is 41.8 Å². The van der Waals surface area contributed by atoms with Crippen molar-refractivity contribution in [1.29, 1.82) is 5.26 Å². The molecule has 2 aromatic carbocycles. The molecule has 0 aliphatic carbocycles. The van der Waals surface area contributed by atoms with Crippen molar-refractivity contribution in [1.82, 2.24) is 19.2 Å². The number of aromatic nitrogens is 2. The van der Waals surface area contributed by atoms with E-state index in [4.69, 9.17) is 4.74 Å². The number of rotatable bonds is 9. The van der Waals surface area contributed by atoms with Gasteiger partial charge in [0.25, 0.3) is 5.56 Å². The van der Waals surface area contributed by atoms with Gasteiger partial charge in [-0.25, -0.2) is 14.2 Å². The van der Waals surface area contributed by atoms with E-state index in [0.717, 1.165) is 4.31 Å². The molecule has 0 spiro atoms. The number of alkyl halides is 1. The number of anilines is 3. The molecule has 1 aromatic heterocycles. The Bertz CT molecular complexity index is 1650. The topological polar surface area (TPSA) is 158 Å². The number of carbonyl (C=O) groups is 1. The highest BCUT2D eigenvalue weighted by Gasteiger charge is 2.32. The van der Waals surface area contributed by atoms with E-state index >= 15 is 0 Å². The molecule has 14 heteroatoms. The number of alkyl carbamates (subject to hydrolysis) is 1. The lowest BCUT2D eigenvalue weighted by Crippen LogP contribution is -2.34. The van der Waals surface area contributed by atoms with Gasteiger partial charge in [0.2, 0.25) is 0 Å². The number of nitrogens with one attached hydrogen (secondary N) is 3. The summed E-state index contributed by atoms with van der Waals surface area (Å²) >= 11 is 0. The largest absolute Gasteiger partial charge is 0.444 e. The van der Waals surface area contributed by atoms with Crippen molar-refractivity contribution in [3.63, 3.8) is 0 Å². The highest BCUT2D eigenvalue weighted by Crippen LogP contribution is 2.29. The van der Waals surface area contributed by atoms with Crippen molar-refractivity contribution < 1.29 is 22.3 Å². The molecule has 2 heterocycles. The molecule has 0 bridgehead atoms. The Morgan fingerprint density at radius 1 is 1.24 bits per heavy atom. The van der Waals surface area contributed by atoms with Crippen LogP contribution in [0.25, 0.3) is 10.9 Å². The fraction of sp³-hybridized carbons (Fsp3) is 0.407. The van der Waals surface area contributed by atoms with Gasteiger partial charge in [0.05, 0.1) is 34.2 Å². The summed E-state index contributed by atoms with van der Waals surface area (Å²) in [5.74, 6) is 0. The minimum absolute atomic E-state index is 0.0354. The number of nitrogens with zero attached hydrogens (tertiary/aromatic N) is 4. The summed E-state index contributed by atoms with van der Waals surface area (Å²) in [7, 11) is -4.05. The van der Waals surface area contributed by atoms with Crippen LogP contribution in [0.1, 0.15) is 39.2 Å². The van der Waals surface area contributed by atoms with Gasteiger partial charge in [-0.2, -0.15) is 18.0 Å². The quantitative estimate of drug-likeness (QED) is 0.321. The van der Waals surface area contributed by atoms with Gasteiger partial charge in [0, 0.05) is 31.9 Å². The third-order valence-electron chi connectivity index (χ3n) is 6.20. The first-order chi connectivity index (χ1) is 19.4. The van der Waals surface area contributed by atoms with Crippen LogP contribution in [0.4, 0.5) is 26.2 Å². The van der Waals surface area contributed by atoms with Crippen LogP contribution in [-0.4, -0.2) is 59.8 Å². The Hall–Kier alpha value is -4.22. The van der Waals surface area contributed by atoms with Crippen LogP contribution < -0.4 is 20.9 Å². The molecule has 0 unspecified atom stereocenters. The smallest absolute Gasteiger partial charge is 0.407 e. The normalized spacial score (nSPS) is 15.8. The summed E-state index contributed by atoms with van der Waals surface area (Å²) in [6, 6.07) is 11.6. The van der Waals surface area contributed by atoms with E-state index in [9.17, 15) is 27.7 Å². The van der Waals surface area contributed by atoms with E-state index in [-0.39, 0.29) is 36.3 Å². The second-order valence-corrected chi connectivity index (χ2v) is 12.2. The van der Waals surface area contributed by atoms with Gasteiger partial charge in [-0.15, -0.1) is 0 Å². The first-order valence-electron chi connectivity index (χ1n) is 13.0. The summed E-state index contributed by atoms with van der Waals surface area (Å²) in [5.41, 5.74) is 0.466. The van der Waals surface area contributed by atoms with Crippen LogP contribution in [0, 0.1) is 11.3 Å². The summed E-state index contributed by atoms with van der Waals surface area (Å²) in [6.07, 6.45) is 0.281. The molecule has 218 valence electrons. The van der Waals surface area contributed by atoms with E-state index in [1.165, 1.54) is 17.0 Å². The molecule has 1 aliphatic heterocycles. The van der Waals surface area contributed by atoms with Gasteiger partial charge < -0.3 is 15.4 Å². The average molecular weight is 586 g/mol. The van der Waals surface area contributed by atoms with Gasteiger partial charge >= 0.3 is 16.3 Å². The number of hydrogen-bond donors (Lipinski definition) is 3. The van der Waals surface area contributed by atoms with Crippen LogP contribution in [0.15, 0.2) is 47.5 Å². The fourth-order valence-electron chi connectivity index (χ4n) is 4.28. The maximum atomic E-state index is 13.6. The van der Waals surface area contributed by atoms with Gasteiger partial charge in [-0.1, -0.05) is 6.07 Å². The summed E-state index contributed by atoms with van der Waals surface area (Å²) in [5, 5.41) is 15.9. The monoisotopic (exact) mass is 585 g/mol. The number of carbonyl (C=O) groups excluding carboxylic acids is 1. The maximum Gasteiger partial charge on any atom is 0.407 e. The van der Waals surface area contributed by atoms with Crippen molar-refractivity contribution in [3.8, 4) is 6.07 Å². The number of hydrogen-bond acceptors (Lipinski definition) is 8. The van der Waals surface area contributed by atoms with Gasteiger partial charge in [0.1, 0.15) is 17.8 Å². The highest BCUT2D eigenvalue weighted by atomic mass is 32.2. The lowest BCUT2D eigenvalue weighted by molar-refractivity contribution is 0.0526. The molecule has 3 aromatic rings. The average Bonchev–Trinajstić information content (AvgIpc) is 3.34. The van der Waals surface area contributed by atoms with Crippen LogP contribution in [0.5, 0.6) is 0 Å². The number of ether oxygens (including phenoxy) is 1. The number of fused-ring (bicyclic) bond motifs is 1. The number of aryl methyl sites for hydroxylation is 1. The predicted octanol–water partition coefficient (Wildman–Crippen LogP) is 3.63. The second-order valence-electron chi connectivity index (χ2n) is 10.6. The maximum absolute atomic E-state index is 13.6. The Labute approximate surface area is 237 Å². The molecule has 4 rings (SSSR count). The Morgan fingerprint density at radius 2 is 2.00 bits per heavy atom. The van der Waals surface area contributed by atoms with Gasteiger partial charge in [-0.05, 0) is 63.9 Å². The minimum atomic E-state index is -4.05. The standard InChI is InChI=1S/C27H32FN7O5S/c1-27(2,3)40-26(37)30-11-5-12-34-17-31-22-9-8-19(14-20(22)25(34)36)32-23-6-4-7-24(21(23)15-29)33-41(38,39)35-13-10-18(28)16-35/h4,6-9,14,17-18,32-33H,5,10-13,16H2,1-3H3,(H,30,37)/t18-/m1/s1. The summed E-state index contributed by atoms with van der Waals surface area (Å²) in [6.45, 7) is 5.76. The SMILES string of the molecule is CC(C)(C)OC(=O)NCCCn1cnc2ccc(Nc3cccc(NS(=O)(=O)N4CC[C@@H](F)C4)c3C#N)cc2c1=O. The predicted molar refractivity (Wildman–Crippen MR) is 153 cm³/mol. The molecule has 0 radical (unpaired) electrons. The van der Waals surface area contributed by atoms with Crippen molar-refractivity contribution in [2.45, 2.75) is 51.9 Å². The van der Waals surface area contributed by atoms with Crippen LogP contribution in [0.2, 0.25) is 0 Å². The first kappa shape index (κ1) is 29.8. The molecule has 1 aliphatic rings. The van der Waals surface area contributed by atoms with E-state index < -0.39 is 28.1 Å². The lowest BCUT2D eigenvalue weighted by Gasteiger charge is -2.19. The minimum Gasteiger partial charge on any atom is -0.444 e. The molecule has 1 saturated heterocycles. The first-order valence-corrected chi connectivity index (χ1v) is 14.5. The second kappa shape index (κ2) is 12.1. The molecule has 1 amide bonds. The van der Waals surface area contributed by atoms with E-state index in [2.05, 4.69) is 20.3 Å². The molecule has 1 fully saturated rings. The third-order valence-corrected chi connectivity index (χ3v) is 7.68. The van der Waals surface area contributed by atoms with Crippen molar-refractivity contribution >= 4 is 44.3 Å². The van der Waals surface area contributed by atoms with E-state index in [1.54, 1.807) is 51.1 Å². The molecule has 41 heavy (non-hydrogen) atoms. The van der Waals surface area contributed by atoms with Crippen molar-refractivity contribution in [2.24, 2.45) is 0 Å². The number of nitriles is 1. The zero-order valence-corrected chi connectivity index (χ0v) is 23.8. The fourth-order valence-corrected chi connectivity index (χ4v) is 5.56. The molecule has 12 nitrogen and oxygen atoms in total. The zero-order valence-electron chi connectivity index (χ0n) is 23.0. The van der Waals surface area contributed by atoms with Gasteiger partial charge in [0.15, 0.2) is 0 Å². The number of benzene rings is 2. The number of halogens is 1. The van der Waals surface area contributed by atoms with Crippen LogP contribution in [0.3, 0.4) is 0 Å². The summed E-state index contributed by atoms with van der Waals surface area (Å²) in [4.78, 5) is 29.3.